The number of benzene rings is 1. The maximum absolute atomic E-state index is 13.3. The zero-order valence-corrected chi connectivity index (χ0v) is 16.7. The molecule has 0 aliphatic heterocycles. The second-order valence-electron chi connectivity index (χ2n) is 7.01. The molecule has 1 heterocycles. The lowest BCUT2D eigenvalue weighted by Gasteiger charge is -2.27. The number of esters is 1. The SMILES string of the molecule is CCOC(=O)c1sc([C@H]2CC[C@H](COCc3ccccc3)CC2)nc1C(F)F. The van der Waals surface area contributed by atoms with Crippen molar-refractivity contribution < 1.29 is 23.0 Å². The van der Waals surface area contributed by atoms with Crippen LogP contribution in [0, 0.1) is 5.92 Å². The summed E-state index contributed by atoms with van der Waals surface area (Å²) in [5.74, 6) is -0.111. The molecule has 1 aromatic heterocycles. The lowest BCUT2D eigenvalue weighted by molar-refractivity contribution is 0.0520. The van der Waals surface area contributed by atoms with Gasteiger partial charge in [0.25, 0.3) is 6.43 Å². The lowest BCUT2D eigenvalue weighted by atomic mass is 9.83. The smallest absolute Gasteiger partial charge is 0.350 e. The first kappa shape index (κ1) is 20.9. The molecular formula is C21H25F2NO3S. The standard InChI is InChI=1S/C21H25F2NO3S/c1-2-27-21(25)18-17(19(22)23)24-20(28-18)16-10-8-15(9-11-16)13-26-12-14-6-4-3-5-7-14/h3-7,15-16,19H,2,8-13H2,1H3/t15-,16-. The largest absolute Gasteiger partial charge is 0.462 e. The Labute approximate surface area is 167 Å². The number of nitrogens with zero attached hydrogens (tertiary/aromatic N) is 1. The van der Waals surface area contributed by atoms with Crippen molar-refractivity contribution in [1.29, 1.82) is 0 Å². The topological polar surface area (TPSA) is 48.4 Å². The number of carbonyl (C=O) groups excluding carboxylic acids is 1. The van der Waals surface area contributed by atoms with Crippen LogP contribution in [0.4, 0.5) is 8.78 Å². The van der Waals surface area contributed by atoms with E-state index in [-0.39, 0.29) is 17.4 Å². The first-order chi connectivity index (χ1) is 13.6. The number of ether oxygens (including phenoxy) is 2. The van der Waals surface area contributed by atoms with Gasteiger partial charge in [0, 0.05) is 12.5 Å². The maximum atomic E-state index is 13.3. The molecule has 7 heteroatoms. The van der Waals surface area contributed by atoms with Crippen LogP contribution in [0.15, 0.2) is 30.3 Å². The number of alkyl halides is 2. The summed E-state index contributed by atoms with van der Waals surface area (Å²) in [6.07, 6.45) is 0.915. The first-order valence-corrected chi connectivity index (χ1v) is 10.5. The summed E-state index contributed by atoms with van der Waals surface area (Å²) in [5.41, 5.74) is 0.719. The fraction of sp³-hybridized carbons (Fsp3) is 0.524. The molecule has 152 valence electrons. The second-order valence-corrected chi connectivity index (χ2v) is 8.04. The number of carbonyl (C=O) groups is 1. The van der Waals surface area contributed by atoms with Crippen molar-refractivity contribution in [3.63, 3.8) is 0 Å². The average molecular weight is 409 g/mol. The van der Waals surface area contributed by atoms with E-state index in [1.54, 1.807) is 6.92 Å². The van der Waals surface area contributed by atoms with Crippen LogP contribution >= 0.6 is 11.3 Å². The molecule has 0 radical (unpaired) electrons. The van der Waals surface area contributed by atoms with Gasteiger partial charge in [-0.25, -0.2) is 18.6 Å². The summed E-state index contributed by atoms with van der Waals surface area (Å²) in [5, 5.41) is 0.627. The van der Waals surface area contributed by atoms with E-state index in [4.69, 9.17) is 9.47 Å². The van der Waals surface area contributed by atoms with Crippen LogP contribution < -0.4 is 0 Å². The fourth-order valence-corrected chi connectivity index (χ4v) is 4.65. The van der Waals surface area contributed by atoms with Gasteiger partial charge in [0.2, 0.25) is 0 Å². The normalized spacial score (nSPS) is 19.7. The van der Waals surface area contributed by atoms with Gasteiger partial charge in [-0.3, -0.25) is 0 Å². The Balaban J connectivity index is 1.53. The van der Waals surface area contributed by atoms with Crippen molar-refractivity contribution in [3.8, 4) is 0 Å². The number of rotatable bonds is 8. The maximum Gasteiger partial charge on any atom is 0.350 e. The Morgan fingerprint density at radius 2 is 1.93 bits per heavy atom. The third kappa shape index (κ3) is 5.35. The number of hydrogen-bond donors (Lipinski definition) is 0. The van der Waals surface area contributed by atoms with Gasteiger partial charge in [-0.1, -0.05) is 30.3 Å². The van der Waals surface area contributed by atoms with Crippen LogP contribution in [0.3, 0.4) is 0 Å². The van der Waals surface area contributed by atoms with Gasteiger partial charge in [0.15, 0.2) is 0 Å². The van der Waals surface area contributed by atoms with Crippen LogP contribution in [0.25, 0.3) is 0 Å². The highest BCUT2D eigenvalue weighted by molar-refractivity contribution is 7.13. The van der Waals surface area contributed by atoms with Gasteiger partial charge in [-0.05, 0) is 44.1 Å². The average Bonchev–Trinajstić information content (AvgIpc) is 3.16. The molecule has 0 saturated heterocycles. The minimum absolute atomic E-state index is 0.0554. The summed E-state index contributed by atoms with van der Waals surface area (Å²) < 4.78 is 37.3. The minimum Gasteiger partial charge on any atom is -0.462 e. The fourth-order valence-electron chi connectivity index (χ4n) is 3.51. The van der Waals surface area contributed by atoms with Crippen LogP contribution in [0.5, 0.6) is 0 Å². The Morgan fingerprint density at radius 3 is 2.57 bits per heavy atom. The van der Waals surface area contributed by atoms with Crippen molar-refractivity contribution >= 4 is 17.3 Å². The van der Waals surface area contributed by atoms with Crippen molar-refractivity contribution in [2.24, 2.45) is 5.92 Å². The molecule has 0 spiro atoms. The Kier molecular flexibility index (Phi) is 7.50. The van der Waals surface area contributed by atoms with E-state index in [1.165, 1.54) is 0 Å². The van der Waals surface area contributed by atoms with Crippen LogP contribution in [-0.4, -0.2) is 24.2 Å². The number of hydrogen-bond acceptors (Lipinski definition) is 5. The highest BCUT2D eigenvalue weighted by atomic mass is 32.1. The molecule has 1 saturated carbocycles. The Bertz CT molecular complexity index is 758. The minimum atomic E-state index is -2.77. The van der Waals surface area contributed by atoms with E-state index in [1.807, 2.05) is 30.3 Å². The molecule has 4 nitrogen and oxygen atoms in total. The molecule has 1 aliphatic rings. The highest BCUT2D eigenvalue weighted by Gasteiger charge is 2.30. The summed E-state index contributed by atoms with van der Waals surface area (Å²) in [6.45, 7) is 3.12. The van der Waals surface area contributed by atoms with Gasteiger partial charge in [0.1, 0.15) is 10.6 Å². The molecule has 2 aromatic rings. The third-order valence-corrected chi connectivity index (χ3v) is 6.21. The molecule has 0 N–H and O–H groups in total. The summed E-state index contributed by atoms with van der Waals surface area (Å²) in [6, 6.07) is 10.1. The van der Waals surface area contributed by atoms with E-state index < -0.39 is 18.1 Å². The lowest BCUT2D eigenvalue weighted by Crippen LogP contribution is -2.17. The molecule has 0 unspecified atom stereocenters. The van der Waals surface area contributed by atoms with E-state index in [9.17, 15) is 13.6 Å². The summed E-state index contributed by atoms with van der Waals surface area (Å²) in [4.78, 5) is 16.0. The molecule has 1 fully saturated rings. The van der Waals surface area contributed by atoms with E-state index in [2.05, 4.69) is 4.98 Å². The molecule has 3 rings (SSSR count). The molecule has 0 amide bonds. The zero-order chi connectivity index (χ0) is 19.9. The summed E-state index contributed by atoms with van der Waals surface area (Å²) in [7, 11) is 0. The molecule has 0 atom stereocenters. The molecule has 1 aromatic carbocycles. The second kappa shape index (κ2) is 10.1. The van der Waals surface area contributed by atoms with Crippen molar-refractivity contribution in [3.05, 3.63) is 51.5 Å². The summed E-state index contributed by atoms with van der Waals surface area (Å²) >= 11 is 1.06. The van der Waals surface area contributed by atoms with Gasteiger partial charge >= 0.3 is 5.97 Å². The molecular weight excluding hydrogens is 384 g/mol. The van der Waals surface area contributed by atoms with E-state index in [0.29, 0.717) is 24.1 Å². The van der Waals surface area contributed by atoms with Gasteiger partial charge in [-0.2, -0.15) is 0 Å². The number of thiazole rings is 1. The van der Waals surface area contributed by atoms with Crippen LogP contribution in [0.1, 0.15) is 70.9 Å². The van der Waals surface area contributed by atoms with E-state index >= 15 is 0 Å². The van der Waals surface area contributed by atoms with Crippen LogP contribution in [0.2, 0.25) is 0 Å². The van der Waals surface area contributed by atoms with Crippen molar-refractivity contribution in [2.75, 3.05) is 13.2 Å². The number of aromatic nitrogens is 1. The molecule has 28 heavy (non-hydrogen) atoms. The third-order valence-electron chi connectivity index (χ3n) is 5.00. The van der Waals surface area contributed by atoms with Crippen molar-refractivity contribution in [2.45, 2.75) is 51.6 Å². The monoisotopic (exact) mass is 409 g/mol. The predicted molar refractivity (Wildman–Crippen MR) is 104 cm³/mol. The molecule has 0 bridgehead atoms. The quantitative estimate of drug-likeness (QED) is 0.521. The van der Waals surface area contributed by atoms with E-state index in [0.717, 1.165) is 42.6 Å². The van der Waals surface area contributed by atoms with Crippen LogP contribution in [-0.2, 0) is 16.1 Å². The Morgan fingerprint density at radius 1 is 1.21 bits per heavy atom. The van der Waals surface area contributed by atoms with Gasteiger partial charge < -0.3 is 9.47 Å². The molecule has 1 aliphatic carbocycles. The van der Waals surface area contributed by atoms with Gasteiger partial charge in [0.05, 0.1) is 18.2 Å². The predicted octanol–water partition coefficient (Wildman–Crippen LogP) is 5.75. The van der Waals surface area contributed by atoms with Gasteiger partial charge in [-0.15, -0.1) is 11.3 Å². The number of halogens is 2. The zero-order valence-electron chi connectivity index (χ0n) is 15.9. The first-order valence-electron chi connectivity index (χ1n) is 9.66. The highest BCUT2D eigenvalue weighted by Crippen LogP contribution is 2.40. The van der Waals surface area contributed by atoms with Crippen molar-refractivity contribution in [1.82, 2.24) is 4.98 Å². The Hall–Kier alpha value is -1.86.